The van der Waals surface area contributed by atoms with E-state index >= 15 is 0 Å². The maximum absolute atomic E-state index is 6.14. The summed E-state index contributed by atoms with van der Waals surface area (Å²) < 4.78 is 0. The van der Waals surface area contributed by atoms with Gasteiger partial charge in [-0.1, -0.05) is 33.6 Å². The summed E-state index contributed by atoms with van der Waals surface area (Å²) in [5, 5.41) is 1.24. The van der Waals surface area contributed by atoms with Crippen molar-refractivity contribution in [1.29, 1.82) is 0 Å². The van der Waals surface area contributed by atoms with E-state index < -0.39 is 0 Å². The van der Waals surface area contributed by atoms with Gasteiger partial charge in [-0.05, 0) is 32.9 Å². The lowest BCUT2D eigenvalue weighted by atomic mass is 9.90. The van der Waals surface area contributed by atoms with Gasteiger partial charge in [-0.25, -0.2) is 4.98 Å². The van der Waals surface area contributed by atoms with Crippen LogP contribution in [0.2, 0.25) is 0 Å². The van der Waals surface area contributed by atoms with Gasteiger partial charge >= 0.3 is 0 Å². The third-order valence-electron chi connectivity index (χ3n) is 3.88. The van der Waals surface area contributed by atoms with E-state index in [0.717, 1.165) is 6.54 Å². The average molecular weight is 295 g/mol. The number of aromatic nitrogens is 1. The first kappa shape index (κ1) is 15.9. The molecule has 1 fully saturated rings. The zero-order chi connectivity index (χ0) is 14.8. The summed E-state index contributed by atoms with van der Waals surface area (Å²) in [5.41, 5.74) is 7.42. The molecule has 0 aliphatic carbocycles. The highest BCUT2D eigenvalue weighted by Gasteiger charge is 2.25. The Morgan fingerprint density at radius 2 is 1.80 bits per heavy atom. The lowest BCUT2D eigenvalue weighted by Crippen LogP contribution is -2.24. The lowest BCUT2D eigenvalue weighted by Gasteiger charge is -2.19. The predicted octanol–water partition coefficient (Wildman–Crippen LogP) is 3.84. The van der Waals surface area contributed by atoms with Gasteiger partial charge in [-0.15, -0.1) is 11.3 Å². The van der Waals surface area contributed by atoms with E-state index in [1.165, 1.54) is 54.4 Å². The number of hydrogen-bond acceptors (Lipinski definition) is 4. The molecule has 2 heterocycles. The average Bonchev–Trinajstić information content (AvgIpc) is 2.61. The highest BCUT2D eigenvalue weighted by molar-refractivity contribution is 7.11. The zero-order valence-electron chi connectivity index (χ0n) is 13.4. The second-order valence-electron chi connectivity index (χ2n) is 7.05. The number of thiazole rings is 1. The van der Waals surface area contributed by atoms with E-state index in [0.29, 0.717) is 0 Å². The fraction of sp³-hybridized carbons (Fsp3) is 0.812. The fourth-order valence-electron chi connectivity index (χ4n) is 2.78. The Morgan fingerprint density at radius 1 is 1.20 bits per heavy atom. The molecule has 20 heavy (non-hydrogen) atoms. The molecule has 1 aromatic rings. The van der Waals surface area contributed by atoms with Crippen LogP contribution in [0.15, 0.2) is 0 Å². The van der Waals surface area contributed by atoms with Crippen LogP contribution < -0.4 is 5.73 Å². The molecule has 1 atom stereocenters. The molecule has 0 bridgehead atoms. The fourth-order valence-corrected chi connectivity index (χ4v) is 4.05. The van der Waals surface area contributed by atoms with Gasteiger partial charge in [0, 0.05) is 16.3 Å². The Bertz CT molecular complexity index is 423. The molecule has 1 aliphatic heterocycles. The molecule has 4 heteroatoms. The van der Waals surface area contributed by atoms with Gasteiger partial charge in [0.2, 0.25) is 0 Å². The van der Waals surface area contributed by atoms with Crippen molar-refractivity contribution in [3.05, 3.63) is 15.6 Å². The molecule has 3 nitrogen and oxygen atoms in total. The van der Waals surface area contributed by atoms with Crippen LogP contribution in [0.25, 0.3) is 0 Å². The first-order valence-corrected chi connectivity index (χ1v) is 8.67. The number of nitrogens with zero attached hydrogens (tertiary/aromatic N) is 2. The van der Waals surface area contributed by atoms with E-state index in [1.54, 1.807) is 0 Å². The van der Waals surface area contributed by atoms with Crippen LogP contribution in [-0.2, 0) is 12.0 Å². The Labute approximate surface area is 127 Å². The van der Waals surface area contributed by atoms with Crippen LogP contribution in [0.4, 0.5) is 0 Å². The van der Waals surface area contributed by atoms with Crippen molar-refractivity contribution in [2.45, 2.75) is 71.4 Å². The molecule has 2 N–H and O–H groups in total. The van der Waals surface area contributed by atoms with Crippen molar-refractivity contribution in [2.24, 2.45) is 5.73 Å². The minimum atomic E-state index is 0.0799. The monoisotopic (exact) mass is 295 g/mol. The van der Waals surface area contributed by atoms with Crippen LogP contribution in [0.1, 0.15) is 75.0 Å². The third-order valence-corrected chi connectivity index (χ3v) is 5.12. The van der Waals surface area contributed by atoms with Crippen molar-refractivity contribution >= 4 is 11.3 Å². The summed E-state index contributed by atoms with van der Waals surface area (Å²) in [6.45, 7) is 12.2. The van der Waals surface area contributed by atoms with Gasteiger partial charge < -0.3 is 5.73 Å². The van der Waals surface area contributed by atoms with Crippen molar-refractivity contribution in [1.82, 2.24) is 9.88 Å². The Balaban J connectivity index is 2.16. The van der Waals surface area contributed by atoms with Crippen LogP contribution in [0.5, 0.6) is 0 Å². The smallest absolute Gasteiger partial charge is 0.107 e. The largest absolute Gasteiger partial charge is 0.323 e. The summed E-state index contributed by atoms with van der Waals surface area (Å²) in [4.78, 5) is 8.75. The van der Waals surface area contributed by atoms with E-state index in [1.807, 2.05) is 11.3 Å². The molecule has 1 aromatic heterocycles. The summed E-state index contributed by atoms with van der Waals surface area (Å²) in [5.74, 6) is 0. The van der Waals surface area contributed by atoms with Crippen LogP contribution in [0, 0.1) is 0 Å². The summed E-state index contributed by atoms with van der Waals surface area (Å²) in [7, 11) is 0. The van der Waals surface area contributed by atoms with E-state index in [4.69, 9.17) is 10.7 Å². The van der Waals surface area contributed by atoms with E-state index in [9.17, 15) is 0 Å². The highest BCUT2D eigenvalue weighted by Crippen LogP contribution is 2.33. The standard InChI is InChI=1S/C16H29N3S/c1-12(17)14-15(16(2,3)4)18-13(20-14)11-19-9-7-5-6-8-10-19/h12H,5-11,17H2,1-4H3. The van der Waals surface area contributed by atoms with E-state index in [2.05, 4.69) is 32.6 Å². The van der Waals surface area contributed by atoms with Crippen LogP contribution in [-0.4, -0.2) is 23.0 Å². The summed E-state index contributed by atoms with van der Waals surface area (Å²) in [6.07, 6.45) is 5.43. The minimum absolute atomic E-state index is 0.0799. The molecule has 0 aromatic carbocycles. The number of rotatable bonds is 3. The number of likely N-dealkylation sites (tertiary alicyclic amines) is 1. The molecule has 1 unspecified atom stereocenters. The number of hydrogen-bond donors (Lipinski definition) is 1. The SMILES string of the molecule is CC(N)c1sc(CN2CCCCCC2)nc1C(C)(C)C. The Kier molecular flexibility index (Phi) is 5.21. The maximum atomic E-state index is 6.14. The van der Waals surface area contributed by atoms with Gasteiger partial charge in [0.25, 0.3) is 0 Å². The third kappa shape index (κ3) is 4.03. The molecule has 1 saturated heterocycles. The lowest BCUT2D eigenvalue weighted by molar-refractivity contribution is 0.276. The van der Waals surface area contributed by atoms with Crippen molar-refractivity contribution in [3.8, 4) is 0 Å². The number of nitrogens with two attached hydrogens (primary N) is 1. The van der Waals surface area contributed by atoms with Gasteiger partial charge in [0.15, 0.2) is 0 Å². The van der Waals surface area contributed by atoms with Crippen LogP contribution in [0.3, 0.4) is 0 Å². The van der Waals surface area contributed by atoms with Gasteiger partial charge in [0.1, 0.15) is 5.01 Å². The maximum Gasteiger partial charge on any atom is 0.107 e. The first-order valence-electron chi connectivity index (χ1n) is 7.86. The molecule has 0 radical (unpaired) electrons. The molecular formula is C16H29N3S. The predicted molar refractivity (Wildman–Crippen MR) is 87.2 cm³/mol. The quantitative estimate of drug-likeness (QED) is 0.921. The molecule has 0 saturated carbocycles. The molecule has 2 rings (SSSR count). The first-order chi connectivity index (χ1) is 9.38. The topological polar surface area (TPSA) is 42.1 Å². The van der Waals surface area contributed by atoms with Gasteiger partial charge in [-0.2, -0.15) is 0 Å². The molecule has 114 valence electrons. The van der Waals surface area contributed by atoms with Crippen molar-refractivity contribution in [3.63, 3.8) is 0 Å². The van der Waals surface area contributed by atoms with Gasteiger partial charge in [0.05, 0.1) is 12.2 Å². The summed E-state index contributed by atoms with van der Waals surface area (Å²) >= 11 is 1.82. The Morgan fingerprint density at radius 3 is 2.25 bits per heavy atom. The normalized spacial score (nSPS) is 19.9. The molecule has 0 amide bonds. The second-order valence-corrected chi connectivity index (χ2v) is 8.16. The van der Waals surface area contributed by atoms with Crippen molar-refractivity contribution < 1.29 is 0 Å². The minimum Gasteiger partial charge on any atom is -0.323 e. The van der Waals surface area contributed by atoms with Crippen molar-refractivity contribution in [2.75, 3.05) is 13.1 Å². The molecular weight excluding hydrogens is 266 g/mol. The van der Waals surface area contributed by atoms with Gasteiger partial charge in [-0.3, -0.25) is 4.90 Å². The molecule has 0 spiro atoms. The molecule has 1 aliphatic rings. The summed E-state index contributed by atoms with van der Waals surface area (Å²) in [6, 6.07) is 0.0830. The second kappa shape index (κ2) is 6.54. The zero-order valence-corrected chi connectivity index (χ0v) is 14.2. The Hall–Kier alpha value is -0.450. The van der Waals surface area contributed by atoms with Crippen LogP contribution >= 0.6 is 11.3 Å². The highest BCUT2D eigenvalue weighted by atomic mass is 32.1. The van der Waals surface area contributed by atoms with E-state index in [-0.39, 0.29) is 11.5 Å².